The number of rotatable bonds is 4. The number of nitro benzene ring substituents is 1. The summed E-state index contributed by atoms with van der Waals surface area (Å²) in [6.07, 6.45) is 0. The second kappa shape index (κ2) is 5.09. The van der Waals surface area contributed by atoms with E-state index in [-0.39, 0.29) is 11.7 Å². The summed E-state index contributed by atoms with van der Waals surface area (Å²) in [4.78, 5) is 10.6. The molecular formula is C11H15N3O4. The first-order chi connectivity index (χ1) is 8.61. The van der Waals surface area contributed by atoms with Gasteiger partial charge in [0.1, 0.15) is 18.9 Å². The third-order valence-corrected chi connectivity index (χ3v) is 2.61. The molecule has 1 aliphatic rings. The topological polar surface area (TPSA) is 99.7 Å². The SMILES string of the molecule is CC(CN)Nc1cc2c(cc1[N+](=O)[O-])OCCO2. The van der Waals surface area contributed by atoms with Crippen molar-refractivity contribution < 1.29 is 14.4 Å². The largest absolute Gasteiger partial charge is 0.486 e. The van der Waals surface area contributed by atoms with E-state index in [1.165, 1.54) is 6.07 Å². The minimum absolute atomic E-state index is 0.0421. The summed E-state index contributed by atoms with van der Waals surface area (Å²) in [7, 11) is 0. The first-order valence-electron chi connectivity index (χ1n) is 5.66. The standard InChI is InChI=1S/C11H15N3O4/c1-7(6-12)13-8-4-10-11(18-3-2-17-10)5-9(8)14(15)16/h4-5,7,13H,2-3,6,12H2,1H3. The van der Waals surface area contributed by atoms with Crippen LogP contribution >= 0.6 is 0 Å². The number of benzene rings is 1. The summed E-state index contributed by atoms with van der Waals surface area (Å²) in [5, 5.41) is 14.0. The van der Waals surface area contributed by atoms with Gasteiger partial charge in [-0.1, -0.05) is 0 Å². The number of hydrogen-bond donors (Lipinski definition) is 2. The molecule has 98 valence electrons. The Kier molecular flexibility index (Phi) is 3.52. The molecule has 0 aromatic heterocycles. The van der Waals surface area contributed by atoms with Crippen molar-refractivity contribution in [3.63, 3.8) is 0 Å². The Bertz CT molecular complexity index is 464. The van der Waals surface area contributed by atoms with Gasteiger partial charge in [0.15, 0.2) is 11.5 Å². The maximum absolute atomic E-state index is 11.0. The van der Waals surface area contributed by atoms with E-state index in [2.05, 4.69) is 5.32 Å². The molecule has 1 unspecified atom stereocenters. The van der Waals surface area contributed by atoms with Crippen LogP contribution in [0.5, 0.6) is 11.5 Å². The van der Waals surface area contributed by atoms with Crippen molar-refractivity contribution >= 4 is 11.4 Å². The van der Waals surface area contributed by atoms with Crippen LogP contribution in [-0.4, -0.2) is 30.7 Å². The van der Waals surface area contributed by atoms with Gasteiger partial charge in [-0.15, -0.1) is 0 Å². The number of fused-ring (bicyclic) bond motifs is 1. The normalized spacial score (nSPS) is 15.0. The molecule has 0 saturated carbocycles. The zero-order valence-electron chi connectivity index (χ0n) is 10.0. The van der Waals surface area contributed by atoms with E-state index < -0.39 is 4.92 Å². The Labute approximate surface area is 104 Å². The lowest BCUT2D eigenvalue weighted by atomic mass is 10.2. The van der Waals surface area contributed by atoms with Gasteiger partial charge in [-0.25, -0.2) is 0 Å². The number of anilines is 1. The van der Waals surface area contributed by atoms with E-state index in [1.807, 2.05) is 6.92 Å². The monoisotopic (exact) mass is 253 g/mol. The summed E-state index contributed by atoms with van der Waals surface area (Å²) in [6.45, 7) is 3.07. The van der Waals surface area contributed by atoms with Crippen molar-refractivity contribution in [3.05, 3.63) is 22.2 Å². The van der Waals surface area contributed by atoms with Crippen molar-refractivity contribution in [3.8, 4) is 11.5 Å². The average Bonchev–Trinajstić information content (AvgIpc) is 2.37. The van der Waals surface area contributed by atoms with Crippen LogP contribution in [0.1, 0.15) is 6.92 Å². The summed E-state index contributed by atoms with van der Waals surface area (Å²) in [6, 6.07) is 2.89. The predicted molar refractivity (Wildman–Crippen MR) is 66.2 cm³/mol. The Balaban J connectivity index is 2.39. The molecule has 1 aliphatic heterocycles. The second-order valence-electron chi connectivity index (χ2n) is 4.05. The summed E-state index contributed by atoms with van der Waals surface area (Å²) < 4.78 is 10.7. The average molecular weight is 253 g/mol. The van der Waals surface area contributed by atoms with Gasteiger partial charge >= 0.3 is 0 Å². The molecule has 0 spiro atoms. The van der Waals surface area contributed by atoms with E-state index in [0.29, 0.717) is 36.9 Å². The van der Waals surface area contributed by atoms with Crippen molar-refractivity contribution in [2.75, 3.05) is 25.1 Å². The number of nitro groups is 1. The van der Waals surface area contributed by atoms with Crippen LogP contribution in [0.3, 0.4) is 0 Å². The molecule has 3 N–H and O–H groups in total. The summed E-state index contributed by atoms with van der Waals surface area (Å²) in [5.41, 5.74) is 5.84. The Morgan fingerprint density at radius 1 is 1.44 bits per heavy atom. The van der Waals surface area contributed by atoms with Gasteiger partial charge in [0.25, 0.3) is 5.69 Å². The Hall–Kier alpha value is -2.02. The molecule has 7 heteroatoms. The quantitative estimate of drug-likeness (QED) is 0.616. The van der Waals surface area contributed by atoms with Crippen molar-refractivity contribution in [1.29, 1.82) is 0 Å². The zero-order valence-corrected chi connectivity index (χ0v) is 10.0. The van der Waals surface area contributed by atoms with Crippen LogP contribution in [0.2, 0.25) is 0 Å². The number of hydrogen-bond acceptors (Lipinski definition) is 6. The highest BCUT2D eigenvalue weighted by Gasteiger charge is 2.22. The fourth-order valence-electron chi connectivity index (χ4n) is 1.67. The minimum atomic E-state index is -0.455. The van der Waals surface area contributed by atoms with Crippen LogP contribution in [0.4, 0.5) is 11.4 Å². The van der Waals surface area contributed by atoms with E-state index in [9.17, 15) is 10.1 Å². The molecule has 1 atom stereocenters. The molecule has 18 heavy (non-hydrogen) atoms. The predicted octanol–water partition coefficient (Wildman–Crippen LogP) is 1.13. The summed E-state index contributed by atoms with van der Waals surface area (Å²) >= 11 is 0. The molecule has 7 nitrogen and oxygen atoms in total. The van der Waals surface area contributed by atoms with Crippen LogP contribution in [0, 0.1) is 10.1 Å². The highest BCUT2D eigenvalue weighted by atomic mass is 16.6. The number of ether oxygens (including phenoxy) is 2. The van der Waals surface area contributed by atoms with Crippen molar-refractivity contribution in [2.24, 2.45) is 5.73 Å². The zero-order chi connectivity index (χ0) is 13.1. The van der Waals surface area contributed by atoms with Crippen LogP contribution in [-0.2, 0) is 0 Å². The van der Waals surface area contributed by atoms with Gasteiger partial charge in [0, 0.05) is 18.7 Å². The molecule has 0 aliphatic carbocycles. The van der Waals surface area contributed by atoms with E-state index in [0.717, 1.165) is 0 Å². The third kappa shape index (κ3) is 2.45. The lowest BCUT2D eigenvalue weighted by molar-refractivity contribution is -0.384. The maximum atomic E-state index is 11.0. The minimum Gasteiger partial charge on any atom is -0.486 e. The molecule has 2 rings (SSSR count). The van der Waals surface area contributed by atoms with Gasteiger partial charge in [0.05, 0.1) is 11.0 Å². The molecule has 1 aromatic carbocycles. The molecule has 0 saturated heterocycles. The van der Waals surface area contributed by atoms with Gasteiger partial charge in [-0.05, 0) is 6.92 Å². The molecule has 1 aromatic rings. The highest BCUT2D eigenvalue weighted by Crippen LogP contribution is 2.39. The Morgan fingerprint density at radius 3 is 2.61 bits per heavy atom. The molecule has 0 bridgehead atoms. The highest BCUT2D eigenvalue weighted by molar-refractivity contribution is 5.69. The van der Waals surface area contributed by atoms with Crippen LogP contribution < -0.4 is 20.5 Å². The molecule has 0 amide bonds. The molecule has 0 radical (unpaired) electrons. The summed E-state index contributed by atoms with van der Waals surface area (Å²) in [5.74, 6) is 0.914. The maximum Gasteiger partial charge on any atom is 0.296 e. The fourth-order valence-corrected chi connectivity index (χ4v) is 1.67. The van der Waals surface area contributed by atoms with Gasteiger partial charge < -0.3 is 20.5 Å². The lowest BCUT2D eigenvalue weighted by Gasteiger charge is -2.20. The smallest absolute Gasteiger partial charge is 0.296 e. The van der Waals surface area contributed by atoms with Crippen LogP contribution in [0.15, 0.2) is 12.1 Å². The van der Waals surface area contributed by atoms with Crippen LogP contribution in [0.25, 0.3) is 0 Å². The molecule has 1 heterocycles. The second-order valence-corrected chi connectivity index (χ2v) is 4.05. The van der Waals surface area contributed by atoms with E-state index in [4.69, 9.17) is 15.2 Å². The fraction of sp³-hybridized carbons (Fsp3) is 0.455. The van der Waals surface area contributed by atoms with Gasteiger partial charge in [-0.3, -0.25) is 10.1 Å². The first kappa shape index (κ1) is 12.4. The molecular weight excluding hydrogens is 238 g/mol. The van der Waals surface area contributed by atoms with Gasteiger partial charge in [0.2, 0.25) is 0 Å². The van der Waals surface area contributed by atoms with Gasteiger partial charge in [-0.2, -0.15) is 0 Å². The third-order valence-electron chi connectivity index (χ3n) is 2.61. The van der Waals surface area contributed by atoms with E-state index >= 15 is 0 Å². The molecule has 0 fully saturated rings. The first-order valence-corrected chi connectivity index (χ1v) is 5.66. The lowest BCUT2D eigenvalue weighted by Crippen LogP contribution is -2.25. The Morgan fingerprint density at radius 2 is 2.06 bits per heavy atom. The number of nitrogens with two attached hydrogens (primary N) is 1. The van der Waals surface area contributed by atoms with Crippen molar-refractivity contribution in [1.82, 2.24) is 0 Å². The van der Waals surface area contributed by atoms with Crippen molar-refractivity contribution in [2.45, 2.75) is 13.0 Å². The number of nitrogens with zero attached hydrogens (tertiary/aromatic N) is 1. The number of nitrogens with one attached hydrogen (secondary N) is 1. The van der Waals surface area contributed by atoms with E-state index in [1.54, 1.807) is 6.07 Å².